The maximum atomic E-state index is 11.7. The molecule has 2 saturated carbocycles. The van der Waals surface area contributed by atoms with E-state index in [4.69, 9.17) is 13.5 Å². The van der Waals surface area contributed by atoms with Crippen molar-refractivity contribution >= 4 is 26.4 Å². The topological polar surface area (TPSA) is 133 Å². The van der Waals surface area contributed by atoms with E-state index in [0.717, 1.165) is 0 Å². The molecule has 4 fully saturated rings. The molecule has 2 heterocycles. The Bertz CT molecular complexity index is 634. The van der Waals surface area contributed by atoms with Crippen molar-refractivity contribution in [1.82, 2.24) is 0 Å². The van der Waals surface area contributed by atoms with E-state index in [1.54, 1.807) is 0 Å². The Hall–Kier alpha value is -0.910. The highest BCUT2D eigenvalue weighted by Crippen LogP contribution is 2.55. The summed E-state index contributed by atoms with van der Waals surface area (Å²) >= 11 is 0. The fraction of sp³-hybridized carbons (Fsp3) is 0.889. The van der Waals surface area contributed by atoms with Crippen LogP contribution in [0.5, 0.6) is 0 Å². The molecule has 11 heteroatoms. The number of hydrogen-bond donors (Lipinski definition) is 1. The van der Waals surface area contributed by atoms with Crippen molar-refractivity contribution < 1.29 is 39.8 Å². The highest BCUT2D eigenvalue weighted by Gasteiger charge is 2.65. The molecule has 20 heavy (non-hydrogen) atoms. The fourth-order valence-corrected chi connectivity index (χ4v) is 5.45. The monoisotopic (exact) mass is 328 g/mol. The molecule has 2 aliphatic heterocycles. The average molecular weight is 328 g/mol. The summed E-state index contributed by atoms with van der Waals surface area (Å²) in [5.41, 5.74) is 0. The minimum absolute atomic E-state index is 0.0212. The van der Waals surface area contributed by atoms with Gasteiger partial charge in [-0.05, 0) is 18.8 Å². The normalized spacial score (nSPS) is 40.8. The number of hydrogen-bond acceptors (Lipinski definition) is 8. The van der Waals surface area contributed by atoms with Crippen molar-refractivity contribution in [2.24, 2.45) is 11.8 Å². The number of carbonyl (C=O) groups is 1. The Morgan fingerprint density at radius 3 is 2.65 bits per heavy atom. The van der Waals surface area contributed by atoms with Gasteiger partial charge < -0.3 is 9.47 Å². The first-order valence-corrected chi connectivity index (χ1v) is 8.96. The van der Waals surface area contributed by atoms with Crippen LogP contribution in [-0.2, 0) is 33.9 Å². The molecule has 114 valence electrons. The van der Waals surface area contributed by atoms with Crippen LogP contribution >= 0.6 is 0 Å². The maximum absolute atomic E-state index is 11.7. The van der Waals surface area contributed by atoms with Crippen molar-refractivity contribution in [2.75, 3.05) is 5.94 Å². The Morgan fingerprint density at radius 1 is 1.35 bits per heavy atom. The van der Waals surface area contributed by atoms with Crippen LogP contribution in [0.3, 0.4) is 0 Å². The van der Waals surface area contributed by atoms with Crippen LogP contribution in [0, 0.1) is 11.8 Å². The summed E-state index contributed by atoms with van der Waals surface area (Å²) in [5.74, 6) is -1.53. The summed E-state index contributed by atoms with van der Waals surface area (Å²) < 4.78 is 66.8. The molecule has 0 radical (unpaired) electrons. The number of carbonyl (C=O) groups excluding carboxylic acids is 1. The summed E-state index contributed by atoms with van der Waals surface area (Å²) in [7, 11) is -8.05. The smallest absolute Gasteiger partial charge is 0.428 e. The molecule has 5 atom stereocenters. The van der Waals surface area contributed by atoms with E-state index in [9.17, 15) is 21.6 Å². The van der Waals surface area contributed by atoms with Gasteiger partial charge in [0.05, 0.1) is 5.25 Å². The molecular formula is C9H12O9S2. The van der Waals surface area contributed by atoms with Gasteiger partial charge in [0.2, 0.25) is 5.94 Å². The molecule has 2 aliphatic carbocycles. The van der Waals surface area contributed by atoms with Crippen LogP contribution in [0.2, 0.25) is 0 Å². The zero-order chi connectivity index (χ0) is 14.7. The van der Waals surface area contributed by atoms with Gasteiger partial charge in [0.1, 0.15) is 12.2 Å². The van der Waals surface area contributed by atoms with E-state index in [-0.39, 0.29) is 11.8 Å². The first-order chi connectivity index (χ1) is 9.17. The SMILES string of the molecule is O=C(OCS(=O)(=O)O)OC1C2CC3CC2S(=O)(=O)OC31. The van der Waals surface area contributed by atoms with Crippen molar-refractivity contribution in [3.63, 3.8) is 0 Å². The molecule has 0 aromatic heterocycles. The minimum atomic E-state index is -4.44. The summed E-state index contributed by atoms with van der Waals surface area (Å²) in [5, 5.41) is -0.683. The zero-order valence-corrected chi connectivity index (χ0v) is 11.7. The molecule has 0 spiro atoms. The van der Waals surface area contributed by atoms with Gasteiger partial charge in [0.25, 0.3) is 10.1 Å². The highest BCUT2D eigenvalue weighted by atomic mass is 32.2. The quantitative estimate of drug-likeness (QED) is 0.413. The van der Waals surface area contributed by atoms with E-state index in [1.165, 1.54) is 0 Å². The van der Waals surface area contributed by atoms with Crippen molar-refractivity contribution in [2.45, 2.75) is 30.3 Å². The lowest BCUT2D eigenvalue weighted by molar-refractivity contribution is -0.0530. The summed E-state index contributed by atoms with van der Waals surface area (Å²) in [6, 6.07) is 0. The molecule has 2 saturated heterocycles. The predicted octanol–water partition coefficient (Wildman–Crippen LogP) is -0.509. The predicted molar refractivity (Wildman–Crippen MR) is 61.6 cm³/mol. The number of ether oxygens (including phenoxy) is 2. The first kappa shape index (κ1) is 14.0. The Balaban J connectivity index is 1.65. The molecular weight excluding hydrogens is 316 g/mol. The van der Waals surface area contributed by atoms with Crippen LogP contribution in [0.1, 0.15) is 12.8 Å². The Morgan fingerprint density at radius 2 is 2.05 bits per heavy atom. The molecule has 5 unspecified atom stereocenters. The second kappa shape index (κ2) is 4.29. The molecule has 4 aliphatic rings. The number of fused-ring (bicyclic) bond motifs is 1. The lowest BCUT2D eigenvalue weighted by atomic mass is 9.94. The van der Waals surface area contributed by atoms with E-state index in [0.29, 0.717) is 12.8 Å². The molecule has 0 amide bonds. The van der Waals surface area contributed by atoms with Crippen LogP contribution in [0.4, 0.5) is 4.79 Å². The van der Waals surface area contributed by atoms with E-state index < -0.39 is 49.8 Å². The van der Waals surface area contributed by atoms with Crippen molar-refractivity contribution in [3.8, 4) is 0 Å². The largest absolute Gasteiger partial charge is 0.509 e. The van der Waals surface area contributed by atoms with Gasteiger partial charge in [-0.1, -0.05) is 0 Å². The van der Waals surface area contributed by atoms with Gasteiger partial charge >= 0.3 is 16.3 Å². The highest BCUT2D eigenvalue weighted by molar-refractivity contribution is 7.87. The molecule has 4 bridgehead atoms. The van der Waals surface area contributed by atoms with Gasteiger partial charge in [0.15, 0.2) is 0 Å². The minimum Gasteiger partial charge on any atom is -0.428 e. The lowest BCUT2D eigenvalue weighted by Gasteiger charge is -2.39. The van der Waals surface area contributed by atoms with Crippen LogP contribution in [-0.4, -0.2) is 50.9 Å². The third-order valence-corrected chi connectivity index (χ3v) is 6.16. The second-order valence-corrected chi connectivity index (χ2v) is 8.35. The first-order valence-electron chi connectivity index (χ1n) is 5.88. The third kappa shape index (κ3) is 2.28. The maximum Gasteiger partial charge on any atom is 0.509 e. The van der Waals surface area contributed by atoms with E-state index in [1.807, 2.05) is 0 Å². The van der Waals surface area contributed by atoms with Crippen LogP contribution in [0.15, 0.2) is 0 Å². The standard InChI is InChI=1S/C9H12O9S2/c10-9(16-3-19(11,12)13)17-8-5-1-4-2-6(5)20(14,15)18-7(4)8/h4-8H,1-3H2,(H,11,12,13). The van der Waals surface area contributed by atoms with Crippen molar-refractivity contribution in [3.05, 3.63) is 0 Å². The zero-order valence-electron chi connectivity index (χ0n) is 10.0. The molecule has 4 rings (SSSR count). The van der Waals surface area contributed by atoms with Gasteiger partial charge in [-0.15, -0.1) is 0 Å². The second-order valence-electron chi connectivity index (χ2n) is 5.16. The molecule has 1 N–H and O–H groups in total. The van der Waals surface area contributed by atoms with Gasteiger partial charge in [-0.3, -0.25) is 8.74 Å². The Kier molecular flexibility index (Phi) is 3.01. The van der Waals surface area contributed by atoms with E-state index in [2.05, 4.69) is 4.74 Å². The number of rotatable bonds is 3. The molecule has 0 aromatic carbocycles. The van der Waals surface area contributed by atoms with Gasteiger partial charge in [0, 0.05) is 5.92 Å². The van der Waals surface area contributed by atoms with Crippen LogP contribution in [0.25, 0.3) is 0 Å². The summed E-state index contributed by atoms with van der Waals surface area (Å²) in [4.78, 5) is 11.3. The average Bonchev–Trinajstić information content (AvgIpc) is 2.83. The fourth-order valence-electron chi connectivity index (χ4n) is 3.31. The van der Waals surface area contributed by atoms with Crippen LogP contribution < -0.4 is 0 Å². The van der Waals surface area contributed by atoms with Crippen molar-refractivity contribution in [1.29, 1.82) is 0 Å². The molecule has 0 aromatic rings. The van der Waals surface area contributed by atoms with Gasteiger partial charge in [-0.2, -0.15) is 16.8 Å². The third-order valence-electron chi connectivity index (χ3n) is 3.97. The Labute approximate surface area is 115 Å². The lowest BCUT2D eigenvalue weighted by Crippen LogP contribution is -2.53. The van der Waals surface area contributed by atoms with Gasteiger partial charge in [-0.25, -0.2) is 4.79 Å². The summed E-state index contributed by atoms with van der Waals surface area (Å²) in [6.07, 6.45) is -1.67. The molecule has 9 nitrogen and oxygen atoms in total. The summed E-state index contributed by atoms with van der Waals surface area (Å²) in [6.45, 7) is 0. The van der Waals surface area contributed by atoms with E-state index >= 15 is 0 Å².